The van der Waals surface area contributed by atoms with Crippen LogP contribution < -0.4 is 4.74 Å². The first-order chi connectivity index (χ1) is 13.5. The number of carbonyl (C=O) groups excluding carboxylic acids is 1. The summed E-state index contributed by atoms with van der Waals surface area (Å²) in [5.74, 6) is 0.461. The van der Waals surface area contributed by atoms with E-state index in [4.69, 9.17) is 4.74 Å². The van der Waals surface area contributed by atoms with Crippen molar-refractivity contribution in [3.63, 3.8) is 0 Å². The average Bonchev–Trinajstić information content (AvgIpc) is 2.69. The molecule has 150 valence electrons. The molecular formula is C24H28F2O2. The van der Waals surface area contributed by atoms with Crippen molar-refractivity contribution in [2.24, 2.45) is 17.8 Å². The molecule has 3 rings (SSSR count). The Hall–Kier alpha value is -2.23. The third-order valence-corrected chi connectivity index (χ3v) is 6.11. The lowest BCUT2D eigenvalue weighted by Crippen LogP contribution is -2.21. The molecule has 1 aliphatic rings. The van der Waals surface area contributed by atoms with E-state index in [9.17, 15) is 13.6 Å². The fourth-order valence-corrected chi connectivity index (χ4v) is 4.22. The Labute approximate surface area is 165 Å². The van der Waals surface area contributed by atoms with Crippen molar-refractivity contribution in [3.8, 4) is 5.75 Å². The predicted molar refractivity (Wildman–Crippen MR) is 106 cm³/mol. The lowest BCUT2D eigenvalue weighted by Gasteiger charge is -2.32. The quantitative estimate of drug-likeness (QED) is 0.414. The molecule has 0 aliphatic heterocycles. The second kappa shape index (κ2) is 9.31. The highest BCUT2D eigenvalue weighted by Crippen LogP contribution is 2.36. The van der Waals surface area contributed by atoms with E-state index in [1.807, 2.05) is 0 Å². The van der Waals surface area contributed by atoms with Gasteiger partial charge in [0.2, 0.25) is 0 Å². The molecule has 0 saturated heterocycles. The highest BCUT2D eigenvalue weighted by Gasteiger charge is 2.25. The molecule has 0 amide bonds. The number of hydrogen-bond donors (Lipinski definition) is 0. The Morgan fingerprint density at radius 2 is 1.75 bits per heavy atom. The minimum absolute atomic E-state index is 0.107. The molecule has 0 aromatic heterocycles. The first-order valence-electron chi connectivity index (χ1n) is 10.2. The molecular weight excluding hydrogens is 358 g/mol. The van der Waals surface area contributed by atoms with Crippen LogP contribution in [0.2, 0.25) is 0 Å². The van der Waals surface area contributed by atoms with Crippen molar-refractivity contribution in [1.29, 1.82) is 0 Å². The SMILES string of the molecule is CCC1CCC(C(C)Cc2ccc(C(=O)Oc3ccc(F)cc3)c(F)c2)CC1. The van der Waals surface area contributed by atoms with Crippen molar-refractivity contribution in [2.45, 2.75) is 52.4 Å². The van der Waals surface area contributed by atoms with Gasteiger partial charge in [-0.1, -0.05) is 39.2 Å². The van der Waals surface area contributed by atoms with Crippen molar-refractivity contribution in [3.05, 3.63) is 65.2 Å². The minimum Gasteiger partial charge on any atom is -0.423 e. The van der Waals surface area contributed by atoms with Gasteiger partial charge in [-0.05, 0) is 79.0 Å². The van der Waals surface area contributed by atoms with Crippen LogP contribution in [0.15, 0.2) is 42.5 Å². The van der Waals surface area contributed by atoms with E-state index in [-0.39, 0.29) is 11.3 Å². The predicted octanol–water partition coefficient (Wildman–Crippen LogP) is 6.58. The van der Waals surface area contributed by atoms with Gasteiger partial charge < -0.3 is 4.74 Å². The highest BCUT2D eigenvalue weighted by atomic mass is 19.1. The molecule has 2 nitrogen and oxygen atoms in total. The topological polar surface area (TPSA) is 26.3 Å². The van der Waals surface area contributed by atoms with E-state index < -0.39 is 17.6 Å². The van der Waals surface area contributed by atoms with E-state index in [1.165, 1.54) is 68.5 Å². The summed E-state index contributed by atoms with van der Waals surface area (Å²) in [5, 5.41) is 0. The van der Waals surface area contributed by atoms with Crippen LogP contribution in [0.25, 0.3) is 0 Å². The summed E-state index contributed by atoms with van der Waals surface area (Å²) >= 11 is 0. The van der Waals surface area contributed by atoms with Crippen LogP contribution in [0.3, 0.4) is 0 Å². The first kappa shape index (κ1) is 20.5. The van der Waals surface area contributed by atoms with Gasteiger partial charge in [0.25, 0.3) is 0 Å². The minimum atomic E-state index is -0.776. The third kappa shape index (κ3) is 5.18. The molecule has 0 N–H and O–H groups in total. The monoisotopic (exact) mass is 386 g/mol. The Kier molecular flexibility index (Phi) is 6.82. The van der Waals surface area contributed by atoms with Crippen LogP contribution in [0.1, 0.15) is 61.9 Å². The number of ether oxygens (including phenoxy) is 1. The Morgan fingerprint density at radius 3 is 2.36 bits per heavy atom. The van der Waals surface area contributed by atoms with Crippen LogP contribution in [-0.2, 0) is 6.42 Å². The van der Waals surface area contributed by atoms with Gasteiger partial charge in [0, 0.05) is 0 Å². The maximum absolute atomic E-state index is 14.5. The van der Waals surface area contributed by atoms with Gasteiger partial charge in [0.05, 0.1) is 5.56 Å². The van der Waals surface area contributed by atoms with Crippen LogP contribution in [0.4, 0.5) is 8.78 Å². The second-order valence-corrected chi connectivity index (χ2v) is 8.03. The van der Waals surface area contributed by atoms with Crippen LogP contribution >= 0.6 is 0 Å². The summed E-state index contributed by atoms with van der Waals surface area (Å²) in [6.07, 6.45) is 7.18. The summed E-state index contributed by atoms with van der Waals surface area (Å²) in [6.45, 7) is 4.51. The maximum atomic E-state index is 14.5. The van der Waals surface area contributed by atoms with E-state index in [1.54, 1.807) is 6.07 Å². The van der Waals surface area contributed by atoms with Crippen molar-refractivity contribution in [1.82, 2.24) is 0 Å². The summed E-state index contributed by atoms with van der Waals surface area (Å²) in [6, 6.07) is 9.79. The summed E-state index contributed by atoms with van der Waals surface area (Å²) in [5.41, 5.74) is 0.796. The molecule has 2 aromatic rings. The molecule has 1 fully saturated rings. The van der Waals surface area contributed by atoms with Gasteiger partial charge in [0.1, 0.15) is 17.4 Å². The second-order valence-electron chi connectivity index (χ2n) is 8.03. The number of rotatable bonds is 6. The third-order valence-electron chi connectivity index (χ3n) is 6.11. The zero-order valence-electron chi connectivity index (χ0n) is 16.6. The van der Waals surface area contributed by atoms with Gasteiger partial charge >= 0.3 is 5.97 Å². The van der Waals surface area contributed by atoms with Crippen LogP contribution in [0.5, 0.6) is 5.75 Å². The molecule has 0 spiro atoms. The Balaban J connectivity index is 1.60. The van der Waals surface area contributed by atoms with E-state index in [0.717, 1.165) is 17.9 Å². The number of benzene rings is 2. The smallest absolute Gasteiger partial charge is 0.346 e. The number of carbonyl (C=O) groups is 1. The number of hydrogen-bond acceptors (Lipinski definition) is 2. The average molecular weight is 386 g/mol. The molecule has 28 heavy (non-hydrogen) atoms. The molecule has 1 aliphatic carbocycles. The fourth-order valence-electron chi connectivity index (χ4n) is 4.22. The Bertz CT molecular complexity index is 793. The van der Waals surface area contributed by atoms with Gasteiger partial charge in [-0.25, -0.2) is 13.6 Å². The number of halogens is 2. The Morgan fingerprint density at radius 1 is 1.07 bits per heavy atom. The standard InChI is InChI=1S/C24H28F2O2/c1-3-17-4-7-19(8-5-17)16(2)14-18-6-13-22(23(26)15-18)24(27)28-21-11-9-20(25)10-12-21/h6,9-13,15-17,19H,3-5,7-8,14H2,1-2H3. The van der Waals surface area contributed by atoms with Gasteiger partial charge in [-0.15, -0.1) is 0 Å². The van der Waals surface area contributed by atoms with E-state index in [2.05, 4.69) is 13.8 Å². The van der Waals surface area contributed by atoms with E-state index >= 15 is 0 Å². The molecule has 0 radical (unpaired) electrons. The zero-order chi connectivity index (χ0) is 20.1. The zero-order valence-corrected chi connectivity index (χ0v) is 16.6. The van der Waals surface area contributed by atoms with E-state index in [0.29, 0.717) is 11.8 Å². The molecule has 1 saturated carbocycles. The summed E-state index contributed by atoms with van der Waals surface area (Å²) < 4.78 is 32.6. The van der Waals surface area contributed by atoms with Crippen LogP contribution in [-0.4, -0.2) is 5.97 Å². The van der Waals surface area contributed by atoms with Gasteiger partial charge in [-0.3, -0.25) is 0 Å². The highest BCUT2D eigenvalue weighted by molar-refractivity contribution is 5.91. The van der Waals surface area contributed by atoms with Crippen molar-refractivity contribution in [2.75, 3.05) is 0 Å². The molecule has 1 unspecified atom stereocenters. The molecule has 0 heterocycles. The largest absolute Gasteiger partial charge is 0.423 e. The molecule has 2 aromatic carbocycles. The lowest BCUT2D eigenvalue weighted by molar-refractivity contribution is 0.0729. The van der Waals surface area contributed by atoms with Gasteiger partial charge in [0.15, 0.2) is 0 Å². The van der Waals surface area contributed by atoms with Crippen molar-refractivity contribution >= 4 is 5.97 Å². The van der Waals surface area contributed by atoms with Crippen molar-refractivity contribution < 1.29 is 18.3 Å². The lowest BCUT2D eigenvalue weighted by atomic mass is 9.74. The molecule has 1 atom stereocenters. The molecule has 4 heteroatoms. The van der Waals surface area contributed by atoms with Gasteiger partial charge in [-0.2, -0.15) is 0 Å². The summed E-state index contributed by atoms with van der Waals surface area (Å²) in [7, 11) is 0. The first-order valence-corrected chi connectivity index (χ1v) is 10.2. The maximum Gasteiger partial charge on any atom is 0.346 e. The normalized spacial score (nSPS) is 20.6. The van der Waals surface area contributed by atoms with Crippen LogP contribution in [0, 0.1) is 29.4 Å². The summed E-state index contributed by atoms with van der Waals surface area (Å²) in [4.78, 5) is 12.2. The number of esters is 1. The fraction of sp³-hybridized carbons (Fsp3) is 0.458. The molecule has 0 bridgehead atoms.